The molecule has 0 saturated carbocycles. The van der Waals surface area contributed by atoms with Crippen LogP contribution < -0.4 is 5.32 Å². The molecule has 4 rings (SSSR count). The lowest BCUT2D eigenvalue weighted by molar-refractivity contribution is 0.102. The fourth-order valence-electron chi connectivity index (χ4n) is 3.45. The summed E-state index contributed by atoms with van der Waals surface area (Å²) in [5.41, 5.74) is 3.08. The third-order valence-electron chi connectivity index (χ3n) is 4.95. The van der Waals surface area contributed by atoms with Gasteiger partial charge in [-0.25, -0.2) is 12.8 Å². The predicted octanol–water partition coefficient (Wildman–Crippen LogP) is 3.61. The van der Waals surface area contributed by atoms with Gasteiger partial charge in [0.05, 0.1) is 23.2 Å². The second-order valence-electron chi connectivity index (χ2n) is 7.25. The van der Waals surface area contributed by atoms with E-state index in [4.69, 9.17) is 0 Å². The molecular formula is C21H20FN3O3S. The third-order valence-corrected chi connectivity index (χ3v) is 6.70. The monoisotopic (exact) mass is 413 g/mol. The fraction of sp³-hybridized carbons (Fsp3) is 0.238. The largest absolute Gasteiger partial charge is 0.320 e. The normalized spacial score (nSPS) is 17.9. The van der Waals surface area contributed by atoms with E-state index in [1.807, 2.05) is 31.2 Å². The molecule has 1 aliphatic heterocycles. The average Bonchev–Trinajstić information content (AvgIpc) is 3.26. The lowest BCUT2D eigenvalue weighted by Crippen LogP contribution is -2.16. The number of nitrogens with zero attached hydrogens (tertiary/aromatic N) is 2. The summed E-state index contributed by atoms with van der Waals surface area (Å²) in [7, 11) is -3.12. The van der Waals surface area contributed by atoms with Crippen molar-refractivity contribution in [1.29, 1.82) is 0 Å². The van der Waals surface area contributed by atoms with Gasteiger partial charge in [-0.15, -0.1) is 0 Å². The highest BCUT2D eigenvalue weighted by atomic mass is 32.2. The molecule has 1 aromatic heterocycles. The summed E-state index contributed by atoms with van der Waals surface area (Å²) in [4.78, 5) is 12.7. The number of hydrogen-bond donors (Lipinski definition) is 1. The molecule has 1 aliphatic rings. The molecule has 0 aliphatic carbocycles. The van der Waals surface area contributed by atoms with Crippen LogP contribution in [0.25, 0.3) is 11.3 Å². The second kappa shape index (κ2) is 7.44. The summed E-state index contributed by atoms with van der Waals surface area (Å²) < 4.78 is 39.0. The van der Waals surface area contributed by atoms with Gasteiger partial charge >= 0.3 is 0 Å². The summed E-state index contributed by atoms with van der Waals surface area (Å²) in [5, 5.41) is 7.06. The number of rotatable bonds is 4. The van der Waals surface area contributed by atoms with Crippen molar-refractivity contribution >= 4 is 21.4 Å². The number of nitrogens with one attached hydrogen (secondary N) is 1. The molecule has 0 spiro atoms. The maximum Gasteiger partial charge on any atom is 0.276 e. The van der Waals surface area contributed by atoms with E-state index in [0.29, 0.717) is 17.8 Å². The molecule has 1 N–H and O–H groups in total. The quantitative estimate of drug-likeness (QED) is 0.709. The van der Waals surface area contributed by atoms with Crippen molar-refractivity contribution < 1.29 is 17.6 Å². The van der Waals surface area contributed by atoms with Gasteiger partial charge in [0.1, 0.15) is 5.82 Å². The number of benzene rings is 2. The predicted molar refractivity (Wildman–Crippen MR) is 109 cm³/mol. The van der Waals surface area contributed by atoms with Crippen molar-refractivity contribution in [1.82, 2.24) is 9.78 Å². The molecule has 1 saturated heterocycles. The van der Waals surface area contributed by atoms with E-state index < -0.39 is 21.6 Å². The Bertz CT molecular complexity index is 1170. The van der Waals surface area contributed by atoms with Crippen molar-refractivity contribution in [2.75, 3.05) is 16.8 Å². The molecule has 29 heavy (non-hydrogen) atoms. The number of anilines is 1. The van der Waals surface area contributed by atoms with Gasteiger partial charge in [0.2, 0.25) is 0 Å². The van der Waals surface area contributed by atoms with Gasteiger partial charge < -0.3 is 5.32 Å². The van der Waals surface area contributed by atoms with E-state index in [0.717, 1.165) is 11.1 Å². The number of carbonyl (C=O) groups is 1. The Hall–Kier alpha value is -3.00. The minimum Gasteiger partial charge on any atom is -0.320 e. The first-order valence-electron chi connectivity index (χ1n) is 9.25. The van der Waals surface area contributed by atoms with Crippen LogP contribution in [0.4, 0.5) is 10.1 Å². The van der Waals surface area contributed by atoms with Crippen LogP contribution >= 0.6 is 0 Å². The number of aryl methyl sites for hydroxylation is 1. The number of carbonyl (C=O) groups excluding carboxylic acids is 1. The topological polar surface area (TPSA) is 81.1 Å². The zero-order valence-corrected chi connectivity index (χ0v) is 16.6. The van der Waals surface area contributed by atoms with Crippen molar-refractivity contribution in [3.8, 4) is 11.3 Å². The average molecular weight is 413 g/mol. The Morgan fingerprint density at radius 2 is 1.93 bits per heavy atom. The van der Waals surface area contributed by atoms with E-state index in [1.54, 1.807) is 16.8 Å². The molecule has 2 heterocycles. The molecule has 6 nitrogen and oxygen atoms in total. The van der Waals surface area contributed by atoms with Crippen molar-refractivity contribution in [2.45, 2.75) is 19.4 Å². The zero-order valence-electron chi connectivity index (χ0n) is 15.8. The van der Waals surface area contributed by atoms with Crippen LogP contribution in [-0.4, -0.2) is 35.6 Å². The summed E-state index contributed by atoms with van der Waals surface area (Å²) in [6.07, 6.45) is 0.452. The minimum absolute atomic E-state index is 0.00149. The molecular weight excluding hydrogens is 393 g/mol. The van der Waals surface area contributed by atoms with Gasteiger partial charge in [-0.3, -0.25) is 9.48 Å². The maximum absolute atomic E-state index is 13.4. The first-order chi connectivity index (χ1) is 13.8. The highest BCUT2D eigenvalue weighted by molar-refractivity contribution is 7.91. The molecule has 8 heteroatoms. The van der Waals surface area contributed by atoms with Gasteiger partial charge in [0, 0.05) is 5.69 Å². The van der Waals surface area contributed by atoms with Crippen molar-refractivity contribution in [2.24, 2.45) is 0 Å². The Balaban J connectivity index is 1.71. The molecule has 0 unspecified atom stereocenters. The van der Waals surface area contributed by atoms with Crippen LogP contribution in [0, 0.1) is 12.7 Å². The van der Waals surface area contributed by atoms with E-state index in [9.17, 15) is 17.6 Å². The lowest BCUT2D eigenvalue weighted by atomic mass is 10.1. The van der Waals surface area contributed by atoms with E-state index >= 15 is 0 Å². The summed E-state index contributed by atoms with van der Waals surface area (Å²) in [6, 6.07) is 14.7. The van der Waals surface area contributed by atoms with Gasteiger partial charge in [-0.1, -0.05) is 35.9 Å². The molecule has 0 radical (unpaired) electrons. The molecule has 150 valence electrons. The smallest absolute Gasteiger partial charge is 0.276 e. The highest BCUT2D eigenvalue weighted by Crippen LogP contribution is 2.30. The van der Waals surface area contributed by atoms with E-state index in [-0.39, 0.29) is 23.2 Å². The number of halogens is 1. The van der Waals surface area contributed by atoms with E-state index in [1.165, 1.54) is 18.2 Å². The zero-order chi connectivity index (χ0) is 20.6. The highest BCUT2D eigenvalue weighted by Gasteiger charge is 2.32. The number of amides is 1. The van der Waals surface area contributed by atoms with Crippen LogP contribution in [-0.2, 0) is 9.84 Å². The van der Waals surface area contributed by atoms with Crippen LogP contribution in [0.3, 0.4) is 0 Å². The van der Waals surface area contributed by atoms with Crippen molar-refractivity contribution in [3.63, 3.8) is 0 Å². The molecule has 1 fully saturated rings. The standard InChI is InChI=1S/C21H20FN3O3S/c1-14-5-7-15(8-6-14)20-12-19(21(26)23-17-4-2-3-16(22)11-17)24-25(20)18-9-10-29(27,28)13-18/h2-8,11-12,18H,9-10,13H2,1H3,(H,23,26)/t18-/m1/s1. The summed E-state index contributed by atoms with van der Waals surface area (Å²) in [6.45, 7) is 1.97. The number of aromatic nitrogens is 2. The molecule has 0 bridgehead atoms. The fourth-order valence-corrected chi connectivity index (χ4v) is 5.15. The van der Waals surface area contributed by atoms with Gasteiger partial charge in [0.15, 0.2) is 15.5 Å². The molecule has 1 amide bonds. The Kier molecular flexibility index (Phi) is 4.96. The lowest BCUT2D eigenvalue weighted by Gasteiger charge is -2.13. The van der Waals surface area contributed by atoms with E-state index in [2.05, 4.69) is 10.4 Å². The Morgan fingerprint density at radius 1 is 1.17 bits per heavy atom. The Labute approximate surface area is 168 Å². The Morgan fingerprint density at radius 3 is 2.59 bits per heavy atom. The van der Waals surface area contributed by atoms with Crippen LogP contribution in [0.5, 0.6) is 0 Å². The first-order valence-corrected chi connectivity index (χ1v) is 11.1. The summed E-state index contributed by atoms with van der Waals surface area (Å²) in [5.74, 6) is -0.831. The van der Waals surface area contributed by atoms with Gasteiger partial charge in [-0.05, 0) is 43.2 Å². The second-order valence-corrected chi connectivity index (χ2v) is 9.48. The summed E-state index contributed by atoms with van der Waals surface area (Å²) >= 11 is 0. The molecule has 3 aromatic rings. The van der Waals surface area contributed by atoms with Gasteiger partial charge in [0.25, 0.3) is 5.91 Å². The molecule has 1 atom stereocenters. The third kappa shape index (κ3) is 4.22. The minimum atomic E-state index is -3.12. The van der Waals surface area contributed by atoms with Crippen LogP contribution in [0.2, 0.25) is 0 Å². The van der Waals surface area contributed by atoms with Gasteiger partial charge in [-0.2, -0.15) is 5.10 Å². The maximum atomic E-state index is 13.4. The van der Waals surface area contributed by atoms with Crippen LogP contribution in [0.1, 0.15) is 28.5 Å². The SMILES string of the molecule is Cc1ccc(-c2cc(C(=O)Nc3cccc(F)c3)nn2[C@@H]2CCS(=O)(=O)C2)cc1. The molecule has 2 aromatic carbocycles. The first kappa shape index (κ1) is 19.3. The number of hydrogen-bond acceptors (Lipinski definition) is 4. The van der Waals surface area contributed by atoms with Crippen LogP contribution in [0.15, 0.2) is 54.6 Å². The number of sulfone groups is 1. The van der Waals surface area contributed by atoms with Crippen molar-refractivity contribution in [3.05, 3.63) is 71.7 Å².